The number of hydrogen-bond acceptors (Lipinski definition) is 5. The molecule has 0 saturated carbocycles. The molecule has 2 aromatic carbocycles. The van der Waals surface area contributed by atoms with Crippen LogP contribution in [0.3, 0.4) is 0 Å². The molecule has 3 aromatic rings. The highest BCUT2D eigenvalue weighted by atomic mass is 16.5. The van der Waals surface area contributed by atoms with Gasteiger partial charge >= 0.3 is 0 Å². The molecule has 124 valence electrons. The number of rotatable bonds is 5. The zero-order chi connectivity index (χ0) is 17.1. The standard InChI is InChI=1S/C19H20N2O3/c1-22-16-7-6-14(15-5-4-8-21-18(15)16)12-9-13(11-20)19(24-3)17(10-12)23-2/h4-10H,11,20H2,1-3H3. The number of hydrogen-bond donors (Lipinski definition) is 1. The summed E-state index contributed by atoms with van der Waals surface area (Å²) in [6.45, 7) is 0.361. The summed E-state index contributed by atoms with van der Waals surface area (Å²) in [6.07, 6.45) is 1.76. The zero-order valence-corrected chi connectivity index (χ0v) is 14.0. The molecule has 0 amide bonds. The van der Waals surface area contributed by atoms with Crippen LogP contribution in [0.25, 0.3) is 22.0 Å². The first-order chi connectivity index (χ1) is 11.7. The van der Waals surface area contributed by atoms with E-state index in [1.807, 2.05) is 36.4 Å². The third-order valence-electron chi connectivity index (χ3n) is 4.04. The molecule has 2 N–H and O–H groups in total. The number of methoxy groups -OCH3 is 3. The van der Waals surface area contributed by atoms with E-state index in [2.05, 4.69) is 4.98 Å². The van der Waals surface area contributed by atoms with Crippen molar-refractivity contribution in [1.29, 1.82) is 0 Å². The molecule has 0 radical (unpaired) electrons. The molecule has 0 fully saturated rings. The number of ether oxygens (including phenoxy) is 3. The van der Waals surface area contributed by atoms with Crippen molar-refractivity contribution in [2.75, 3.05) is 21.3 Å². The maximum atomic E-state index is 5.89. The molecule has 0 saturated heterocycles. The Balaban J connectivity index is 2.28. The number of nitrogens with zero attached hydrogens (tertiary/aromatic N) is 1. The van der Waals surface area contributed by atoms with Gasteiger partial charge in [-0.3, -0.25) is 4.98 Å². The molecule has 5 nitrogen and oxygen atoms in total. The van der Waals surface area contributed by atoms with E-state index in [0.29, 0.717) is 18.0 Å². The number of aromatic nitrogens is 1. The topological polar surface area (TPSA) is 66.6 Å². The lowest BCUT2D eigenvalue weighted by Gasteiger charge is -2.16. The SMILES string of the molecule is COc1cc(-c2ccc(OC)c3ncccc23)cc(CN)c1OC. The molecule has 5 heteroatoms. The summed E-state index contributed by atoms with van der Waals surface area (Å²) < 4.78 is 16.3. The second-order valence-corrected chi connectivity index (χ2v) is 5.29. The van der Waals surface area contributed by atoms with E-state index >= 15 is 0 Å². The smallest absolute Gasteiger partial charge is 0.165 e. The minimum Gasteiger partial charge on any atom is -0.494 e. The summed E-state index contributed by atoms with van der Waals surface area (Å²) in [4.78, 5) is 4.45. The first kappa shape index (κ1) is 16.1. The largest absolute Gasteiger partial charge is 0.494 e. The van der Waals surface area contributed by atoms with Crippen molar-refractivity contribution < 1.29 is 14.2 Å². The van der Waals surface area contributed by atoms with Gasteiger partial charge in [0.1, 0.15) is 11.3 Å². The molecule has 0 aliphatic heterocycles. The molecule has 0 aliphatic rings. The van der Waals surface area contributed by atoms with Crippen LogP contribution in [0.15, 0.2) is 42.6 Å². The van der Waals surface area contributed by atoms with Gasteiger partial charge in [0.05, 0.1) is 21.3 Å². The number of nitrogens with two attached hydrogens (primary N) is 1. The van der Waals surface area contributed by atoms with Crippen molar-refractivity contribution in [1.82, 2.24) is 4.98 Å². The van der Waals surface area contributed by atoms with Crippen LogP contribution in [-0.2, 0) is 6.54 Å². The van der Waals surface area contributed by atoms with E-state index in [0.717, 1.165) is 33.3 Å². The summed E-state index contributed by atoms with van der Waals surface area (Å²) in [7, 11) is 4.88. The van der Waals surface area contributed by atoms with E-state index in [-0.39, 0.29) is 0 Å². The van der Waals surface area contributed by atoms with Crippen LogP contribution in [0.2, 0.25) is 0 Å². The van der Waals surface area contributed by atoms with E-state index < -0.39 is 0 Å². The molecule has 1 heterocycles. The number of pyridine rings is 1. The molecule has 0 unspecified atom stereocenters. The quantitative estimate of drug-likeness (QED) is 0.779. The fourth-order valence-electron chi connectivity index (χ4n) is 2.91. The molecule has 0 bridgehead atoms. The van der Waals surface area contributed by atoms with Gasteiger partial charge in [-0.2, -0.15) is 0 Å². The molecular weight excluding hydrogens is 304 g/mol. The van der Waals surface area contributed by atoms with Crippen LogP contribution in [0.5, 0.6) is 17.2 Å². The summed E-state index contributed by atoms with van der Waals surface area (Å²) in [5.74, 6) is 2.07. The Labute approximate surface area is 141 Å². The summed E-state index contributed by atoms with van der Waals surface area (Å²) in [6, 6.07) is 11.9. The van der Waals surface area contributed by atoms with Crippen molar-refractivity contribution >= 4 is 10.9 Å². The Morgan fingerprint density at radius 1 is 0.958 bits per heavy atom. The average Bonchev–Trinajstić information content (AvgIpc) is 2.65. The third-order valence-corrected chi connectivity index (χ3v) is 4.04. The highest BCUT2D eigenvalue weighted by molar-refractivity contribution is 5.98. The Hall–Kier alpha value is -2.79. The monoisotopic (exact) mass is 324 g/mol. The maximum Gasteiger partial charge on any atom is 0.165 e. The molecule has 0 spiro atoms. The first-order valence-corrected chi connectivity index (χ1v) is 7.60. The van der Waals surface area contributed by atoms with Crippen LogP contribution in [0.4, 0.5) is 0 Å². The van der Waals surface area contributed by atoms with Crippen LogP contribution < -0.4 is 19.9 Å². The summed E-state index contributed by atoms with van der Waals surface area (Å²) >= 11 is 0. The van der Waals surface area contributed by atoms with Gasteiger partial charge in [0, 0.05) is 23.7 Å². The minimum absolute atomic E-state index is 0.361. The molecule has 24 heavy (non-hydrogen) atoms. The minimum atomic E-state index is 0.361. The Bertz CT molecular complexity index is 853. The summed E-state index contributed by atoms with van der Waals surface area (Å²) in [5.41, 5.74) is 9.63. The van der Waals surface area contributed by atoms with E-state index in [1.165, 1.54) is 0 Å². The zero-order valence-electron chi connectivity index (χ0n) is 14.0. The van der Waals surface area contributed by atoms with Crippen LogP contribution in [0, 0.1) is 0 Å². The highest BCUT2D eigenvalue weighted by Crippen LogP contribution is 2.39. The van der Waals surface area contributed by atoms with E-state index in [1.54, 1.807) is 27.5 Å². The number of benzene rings is 2. The van der Waals surface area contributed by atoms with Crippen LogP contribution >= 0.6 is 0 Å². The number of fused-ring (bicyclic) bond motifs is 1. The lowest BCUT2D eigenvalue weighted by atomic mass is 9.97. The molecule has 1 aromatic heterocycles. The second kappa shape index (κ2) is 6.76. The van der Waals surface area contributed by atoms with E-state index in [9.17, 15) is 0 Å². The molecule has 0 atom stereocenters. The highest BCUT2D eigenvalue weighted by Gasteiger charge is 2.15. The Morgan fingerprint density at radius 2 is 1.75 bits per heavy atom. The average molecular weight is 324 g/mol. The van der Waals surface area contributed by atoms with Crippen molar-refractivity contribution in [2.24, 2.45) is 5.73 Å². The van der Waals surface area contributed by atoms with Gasteiger partial charge in [0.2, 0.25) is 0 Å². The maximum absolute atomic E-state index is 5.89. The predicted octanol–water partition coefficient (Wildman–Crippen LogP) is 3.39. The Kier molecular flexibility index (Phi) is 4.53. The second-order valence-electron chi connectivity index (χ2n) is 5.29. The van der Waals surface area contributed by atoms with Gasteiger partial charge in [-0.25, -0.2) is 0 Å². The third kappa shape index (κ3) is 2.63. The lowest BCUT2D eigenvalue weighted by molar-refractivity contribution is 0.352. The molecular formula is C19H20N2O3. The van der Waals surface area contributed by atoms with Crippen molar-refractivity contribution in [3.8, 4) is 28.4 Å². The van der Waals surface area contributed by atoms with Gasteiger partial charge in [-0.1, -0.05) is 6.07 Å². The predicted molar refractivity (Wildman–Crippen MR) is 94.7 cm³/mol. The lowest BCUT2D eigenvalue weighted by Crippen LogP contribution is -2.02. The van der Waals surface area contributed by atoms with Gasteiger partial charge in [0.25, 0.3) is 0 Å². The van der Waals surface area contributed by atoms with Gasteiger partial charge < -0.3 is 19.9 Å². The van der Waals surface area contributed by atoms with Crippen molar-refractivity contribution in [2.45, 2.75) is 6.54 Å². The van der Waals surface area contributed by atoms with Crippen molar-refractivity contribution in [3.05, 3.63) is 48.2 Å². The normalized spacial score (nSPS) is 10.7. The van der Waals surface area contributed by atoms with Crippen LogP contribution in [-0.4, -0.2) is 26.3 Å². The van der Waals surface area contributed by atoms with Gasteiger partial charge in [-0.15, -0.1) is 0 Å². The molecule has 3 rings (SSSR count). The van der Waals surface area contributed by atoms with Gasteiger partial charge in [0.15, 0.2) is 11.5 Å². The van der Waals surface area contributed by atoms with Crippen LogP contribution in [0.1, 0.15) is 5.56 Å². The first-order valence-electron chi connectivity index (χ1n) is 7.60. The van der Waals surface area contributed by atoms with Crippen molar-refractivity contribution in [3.63, 3.8) is 0 Å². The molecule has 0 aliphatic carbocycles. The fourth-order valence-corrected chi connectivity index (χ4v) is 2.91. The van der Waals surface area contributed by atoms with E-state index in [4.69, 9.17) is 19.9 Å². The fraction of sp³-hybridized carbons (Fsp3) is 0.211. The van der Waals surface area contributed by atoms with Gasteiger partial charge in [-0.05, 0) is 41.5 Å². The Morgan fingerprint density at radius 3 is 2.42 bits per heavy atom. The summed E-state index contributed by atoms with van der Waals surface area (Å²) in [5, 5.41) is 1.01.